The summed E-state index contributed by atoms with van der Waals surface area (Å²) in [5.74, 6) is -0.236. The zero-order valence-electron chi connectivity index (χ0n) is 14.1. The summed E-state index contributed by atoms with van der Waals surface area (Å²) in [6.45, 7) is 4.71. The number of nitrogens with two attached hydrogens (primary N) is 1. The van der Waals surface area contributed by atoms with E-state index < -0.39 is 0 Å². The number of benzene rings is 1. The second kappa shape index (κ2) is 7.45. The van der Waals surface area contributed by atoms with Gasteiger partial charge in [-0.05, 0) is 30.0 Å². The molecule has 1 aromatic heterocycles. The summed E-state index contributed by atoms with van der Waals surface area (Å²) in [5.41, 5.74) is 10.2. The van der Waals surface area contributed by atoms with Crippen LogP contribution >= 0.6 is 0 Å². The Morgan fingerprint density at radius 2 is 2.17 bits per heavy atom. The Kier molecular flexibility index (Phi) is 5.11. The number of carbonyl (C=O) groups is 1. The van der Waals surface area contributed by atoms with Gasteiger partial charge in [0, 0.05) is 37.8 Å². The Balaban J connectivity index is 1.71. The molecule has 3 rings (SSSR count). The highest BCUT2D eigenvalue weighted by molar-refractivity contribution is 5.74. The third-order valence-corrected chi connectivity index (χ3v) is 4.54. The zero-order chi connectivity index (χ0) is 16.9. The predicted molar refractivity (Wildman–Crippen MR) is 95.8 cm³/mol. The minimum Gasteiger partial charge on any atom is -0.370 e. The second-order valence-corrected chi connectivity index (χ2v) is 6.15. The molecule has 0 saturated carbocycles. The monoisotopic (exact) mass is 324 g/mol. The second-order valence-electron chi connectivity index (χ2n) is 6.15. The maximum Gasteiger partial charge on any atom is 0.218 e. The van der Waals surface area contributed by atoms with Gasteiger partial charge in [0.05, 0.1) is 11.9 Å². The first-order valence-corrected chi connectivity index (χ1v) is 8.50. The summed E-state index contributed by atoms with van der Waals surface area (Å²) < 4.78 is 1.97. The standard InChI is InChI=1S/C19H24N4O/c1-2-15-5-3-4-6-18(15)23-14-17(13-21-23)16-7-10-22(11-8-16)12-9-19(20)24/h3-7,13-14H,2,8-12H2,1H3,(H2,20,24). The van der Waals surface area contributed by atoms with E-state index in [9.17, 15) is 4.79 Å². The van der Waals surface area contributed by atoms with E-state index in [1.807, 2.05) is 16.9 Å². The van der Waals surface area contributed by atoms with Crippen LogP contribution in [0.1, 0.15) is 30.9 Å². The van der Waals surface area contributed by atoms with Crippen molar-refractivity contribution >= 4 is 11.5 Å². The van der Waals surface area contributed by atoms with Gasteiger partial charge in [0.25, 0.3) is 0 Å². The molecular formula is C19H24N4O. The maximum absolute atomic E-state index is 10.9. The summed E-state index contributed by atoms with van der Waals surface area (Å²) in [7, 11) is 0. The van der Waals surface area contributed by atoms with Gasteiger partial charge >= 0.3 is 0 Å². The molecule has 0 saturated heterocycles. The van der Waals surface area contributed by atoms with Crippen molar-refractivity contribution in [1.82, 2.24) is 14.7 Å². The molecule has 1 amide bonds. The van der Waals surface area contributed by atoms with Crippen LogP contribution < -0.4 is 5.73 Å². The topological polar surface area (TPSA) is 64.2 Å². The van der Waals surface area contributed by atoms with Crippen LogP contribution in [-0.2, 0) is 11.2 Å². The molecule has 0 radical (unpaired) electrons. The van der Waals surface area contributed by atoms with Gasteiger partial charge in [0.2, 0.25) is 5.91 Å². The van der Waals surface area contributed by atoms with E-state index in [1.165, 1.54) is 16.7 Å². The van der Waals surface area contributed by atoms with Gasteiger partial charge in [-0.1, -0.05) is 31.2 Å². The van der Waals surface area contributed by atoms with Crippen molar-refractivity contribution in [2.45, 2.75) is 26.2 Å². The number of nitrogens with zero attached hydrogens (tertiary/aromatic N) is 3. The third kappa shape index (κ3) is 3.74. The van der Waals surface area contributed by atoms with E-state index in [2.05, 4.69) is 47.4 Å². The van der Waals surface area contributed by atoms with Crippen molar-refractivity contribution in [2.24, 2.45) is 5.73 Å². The minimum atomic E-state index is -0.236. The fourth-order valence-electron chi connectivity index (χ4n) is 3.10. The van der Waals surface area contributed by atoms with Gasteiger partial charge in [-0.2, -0.15) is 5.10 Å². The van der Waals surface area contributed by atoms with Gasteiger partial charge in [-0.3, -0.25) is 9.69 Å². The molecule has 2 N–H and O–H groups in total. The lowest BCUT2D eigenvalue weighted by molar-refractivity contribution is -0.118. The molecule has 1 aliphatic rings. The Hall–Kier alpha value is -2.40. The summed E-state index contributed by atoms with van der Waals surface area (Å²) in [5, 5.41) is 4.55. The van der Waals surface area contributed by atoms with Crippen LogP contribution in [0.4, 0.5) is 0 Å². The van der Waals surface area contributed by atoms with Gasteiger partial charge < -0.3 is 5.73 Å². The number of primary amides is 1. The van der Waals surface area contributed by atoms with Crippen LogP contribution in [0.15, 0.2) is 42.7 Å². The van der Waals surface area contributed by atoms with E-state index in [0.29, 0.717) is 6.42 Å². The van der Waals surface area contributed by atoms with Crippen LogP contribution in [0.5, 0.6) is 0 Å². The molecule has 5 nitrogen and oxygen atoms in total. The van der Waals surface area contributed by atoms with E-state index >= 15 is 0 Å². The lowest BCUT2D eigenvalue weighted by Crippen LogP contribution is -2.31. The Morgan fingerprint density at radius 1 is 1.33 bits per heavy atom. The van der Waals surface area contributed by atoms with Gasteiger partial charge in [0.1, 0.15) is 0 Å². The maximum atomic E-state index is 10.9. The highest BCUT2D eigenvalue weighted by Crippen LogP contribution is 2.24. The molecule has 0 bridgehead atoms. The number of rotatable bonds is 6. The van der Waals surface area contributed by atoms with E-state index in [0.717, 1.165) is 38.2 Å². The minimum absolute atomic E-state index is 0.236. The molecule has 2 heterocycles. The first-order chi connectivity index (χ1) is 11.7. The van der Waals surface area contributed by atoms with Crippen molar-refractivity contribution in [3.8, 4) is 5.69 Å². The van der Waals surface area contributed by atoms with E-state index in [4.69, 9.17) is 5.73 Å². The molecule has 1 aliphatic heterocycles. The fraction of sp³-hybridized carbons (Fsp3) is 0.368. The summed E-state index contributed by atoms with van der Waals surface area (Å²) in [6.07, 6.45) is 8.67. The van der Waals surface area contributed by atoms with Crippen LogP contribution in [0, 0.1) is 0 Å². The normalized spacial score (nSPS) is 15.3. The molecule has 0 unspecified atom stereocenters. The Labute approximate surface area is 142 Å². The highest BCUT2D eigenvalue weighted by atomic mass is 16.1. The SMILES string of the molecule is CCc1ccccc1-n1cc(C2=CCN(CCC(N)=O)CC2)cn1. The van der Waals surface area contributed by atoms with Crippen LogP contribution in [-0.4, -0.2) is 40.2 Å². The molecule has 24 heavy (non-hydrogen) atoms. The average molecular weight is 324 g/mol. The number of aromatic nitrogens is 2. The highest BCUT2D eigenvalue weighted by Gasteiger charge is 2.15. The molecule has 2 aromatic rings. The fourth-order valence-corrected chi connectivity index (χ4v) is 3.10. The summed E-state index contributed by atoms with van der Waals surface area (Å²) in [6, 6.07) is 8.37. The average Bonchev–Trinajstić information content (AvgIpc) is 3.10. The largest absolute Gasteiger partial charge is 0.370 e. The summed E-state index contributed by atoms with van der Waals surface area (Å²) >= 11 is 0. The molecule has 126 valence electrons. The molecular weight excluding hydrogens is 300 g/mol. The number of aryl methyl sites for hydroxylation is 1. The van der Waals surface area contributed by atoms with Crippen molar-refractivity contribution in [1.29, 1.82) is 0 Å². The smallest absolute Gasteiger partial charge is 0.218 e. The van der Waals surface area contributed by atoms with Crippen molar-refractivity contribution < 1.29 is 4.79 Å². The lowest BCUT2D eigenvalue weighted by Gasteiger charge is -2.25. The molecule has 0 fully saturated rings. The molecule has 0 aliphatic carbocycles. The Bertz CT molecular complexity index is 747. The number of hydrogen-bond donors (Lipinski definition) is 1. The Morgan fingerprint density at radius 3 is 2.88 bits per heavy atom. The van der Waals surface area contributed by atoms with Crippen LogP contribution in [0.25, 0.3) is 11.3 Å². The number of carbonyl (C=O) groups excluding carboxylic acids is 1. The summed E-state index contributed by atoms with van der Waals surface area (Å²) in [4.78, 5) is 13.1. The van der Waals surface area contributed by atoms with Crippen molar-refractivity contribution in [2.75, 3.05) is 19.6 Å². The predicted octanol–water partition coefficient (Wildman–Crippen LogP) is 2.40. The van der Waals surface area contributed by atoms with Crippen LogP contribution in [0.3, 0.4) is 0 Å². The molecule has 0 spiro atoms. The lowest BCUT2D eigenvalue weighted by atomic mass is 10.0. The third-order valence-electron chi connectivity index (χ3n) is 4.54. The number of hydrogen-bond acceptors (Lipinski definition) is 3. The van der Waals surface area contributed by atoms with Crippen molar-refractivity contribution in [3.63, 3.8) is 0 Å². The van der Waals surface area contributed by atoms with Gasteiger partial charge in [-0.15, -0.1) is 0 Å². The zero-order valence-corrected chi connectivity index (χ0v) is 14.1. The van der Waals surface area contributed by atoms with Gasteiger partial charge in [-0.25, -0.2) is 4.68 Å². The molecule has 1 aromatic carbocycles. The van der Waals surface area contributed by atoms with E-state index in [1.54, 1.807) is 0 Å². The molecule has 0 atom stereocenters. The van der Waals surface area contributed by atoms with Gasteiger partial charge in [0.15, 0.2) is 0 Å². The van der Waals surface area contributed by atoms with Crippen LogP contribution in [0.2, 0.25) is 0 Å². The molecule has 5 heteroatoms. The van der Waals surface area contributed by atoms with Crippen molar-refractivity contribution in [3.05, 3.63) is 53.9 Å². The first kappa shape index (κ1) is 16.5. The van der Waals surface area contributed by atoms with E-state index in [-0.39, 0.29) is 5.91 Å². The quantitative estimate of drug-likeness (QED) is 0.887. The number of amides is 1. The number of para-hydroxylation sites is 1. The first-order valence-electron chi connectivity index (χ1n) is 8.50.